The van der Waals surface area contributed by atoms with Crippen LogP contribution in [0.1, 0.15) is 10.4 Å². The molecule has 3 aromatic rings. The first-order chi connectivity index (χ1) is 10.4. The van der Waals surface area contributed by atoms with Gasteiger partial charge in [-0.1, -0.05) is 54.6 Å². The van der Waals surface area contributed by atoms with Crippen LogP contribution in [0.25, 0.3) is 0 Å². The minimum atomic E-state index is 0.757. The number of nitrogens with zero attached hydrogens (tertiary/aromatic N) is 2. The Morgan fingerprint density at radius 3 is 2.24 bits per heavy atom. The van der Waals surface area contributed by atoms with Gasteiger partial charge in [-0.05, 0) is 29.1 Å². The summed E-state index contributed by atoms with van der Waals surface area (Å²) in [6.07, 6.45) is 1.92. The van der Waals surface area contributed by atoms with Crippen molar-refractivity contribution >= 4 is 23.2 Å². The quantitative estimate of drug-likeness (QED) is 0.487. The van der Waals surface area contributed by atoms with Crippen molar-refractivity contribution in [3.63, 3.8) is 0 Å². The molecule has 2 nitrogen and oxygen atoms in total. The van der Waals surface area contributed by atoms with Crippen molar-refractivity contribution in [1.82, 2.24) is 0 Å². The minimum absolute atomic E-state index is 0.757. The Kier molecular flexibility index (Phi) is 4.44. The van der Waals surface area contributed by atoms with Gasteiger partial charge >= 0.3 is 0 Å². The highest BCUT2D eigenvalue weighted by Crippen LogP contribution is 2.17. The van der Waals surface area contributed by atoms with Crippen LogP contribution in [0.3, 0.4) is 0 Å². The summed E-state index contributed by atoms with van der Waals surface area (Å²) in [5.41, 5.74) is 2.33. The molecule has 0 amide bonds. The summed E-state index contributed by atoms with van der Waals surface area (Å²) >= 11 is 1.69. The van der Waals surface area contributed by atoms with Crippen LogP contribution in [0.15, 0.2) is 83.3 Å². The lowest BCUT2D eigenvalue weighted by Gasteiger charge is -2.19. The zero-order valence-electron chi connectivity index (χ0n) is 11.6. The third-order valence-electron chi connectivity index (χ3n) is 3.10. The molecule has 0 aliphatic rings. The standard InChI is InChI=1S/C18H16N2S/c1-3-8-16(9-4-1)15-20(17-10-5-2-6-11-17)19-14-18-12-7-13-21-18/h1-14H,15H2/b19-14+. The van der Waals surface area contributed by atoms with Gasteiger partial charge in [0.25, 0.3) is 0 Å². The third kappa shape index (κ3) is 3.80. The van der Waals surface area contributed by atoms with Gasteiger partial charge in [0.05, 0.1) is 18.4 Å². The number of anilines is 1. The molecule has 0 N–H and O–H groups in total. The molecule has 3 rings (SSSR count). The number of hydrazone groups is 1. The van der Waals surface area contributed by atoms with Gasteiger partial charge in [-0.25, -0.2) is 0 Å². The predicted octanol–water partition coefficient (Wildman–Crippen LogP) is 4.79. The lowest BCUT2D eigenvalue weighted by molar-refractivity contribution is 0.859. The van der Waals surface area contributed by atoms with Crippen molar-refractivity contribution in [3.05, 3.63) is 88.6 Å². The molecule has 104 valence electrons. The van der Waals surface area contributed by atoms with E-state index in [9.17, 15) is 0 Å². The highest BCUT2D eigenvalue weighted by Gasteiger charge is 2.05. The summed E-state index contributed by atoms with van der Waals surface area (Å²) in [6, 6.07) is 24.7. The summed E-state index contributed by atoms with van der Waals surface area (Å²) < 4.78 is 0. The van der Waals surface area contributed by atoms with E-state index in [0.717, 1.165) is 17.1 Å². The van der Waals surface area contributed by atoms with Gasteiger partial charge in [0.1, 0.15) is 0 Å². The summed E-state index contributed by atoms with van der Waals surface area (Å²) in [6.45, 7) is 0.757. The fourth-order valence-electron chi connectivity index (χ4n) is 2.05. The molecule has 0 saturated heterocycles. The molecule has 0 aliphatic carbocycles. The Balaban J connectivity index is 1.84. The molecule has 0 radical (unpaired) electrons. The Bertz CT molecular complexity index is 676. The molecule has 2 aromatic carbocycles. The van der Waals surface area contributed by atoms with E-state index in [1.54, 1.807) is 11.3 Å². The Labute approximate surface area is 129 Å². The second-order valence-corrected chi connectivity index (χ2v) is 5.62. The van der Waals surface area contributed by atoms with Crippen LogP contribution in [0.4, 0.5) is 5.69 Å². The first-order valence-corrected chi connectivity index (χ1v) is 7.74. The average Bonchev–Trinajstić information content (AvgIpc) is 3.07. The Morgan fingerprint density at radius 1 is 0.857 bits per heavy atom. The van der Waals surface area contributed by atoms with Gasteiger partial charge in [0.2, 0.25) is 0 Å². The van der Waals surface area contributed by atoms with Gasteiger partial charge in [-0.2, -0.15) is 5.10 Å². The molecule has 1 heterocycles. The first-order valence-electron chi connectivity index (χ1n) is 6.86. The largest absolute Gasteiger partial charge is 0.261 e. The zero-order chi connectivity index (χ0) is 14.3. The molecule has 0 aliphatic heterocycles. The summed E-state index contributed by atoms with van der Waals surface area (Å²) in [7, 11) is 0. The molecule has 1 aromatic heterocycles. The van der Waals surface area contributed by atoms with E-state index >= 15 is 0 Å². The maximum Gasteiger partial charge on any atom is 0.0666 e. The fourth-order valence-corrected chi connectivity index (χ4v) is 2.63. The van der Waals surface area contributed by atoms with Crippen molar-refractivity contribution in [2.24, 2.45) is 5.10 Å². The molecule has 0 bridgehead atoms. The van der Waals surface area contributed by atoms with Crippen molar-refractivity contribution in [3.8, 4) is 0 Å². The molecule has 21 heavy (non-hydrogen) atoms. The van der Waals surface area contributed by atoms with E-state index in [-0.39, 0.29) is 0 Å². The summed E-state index contributed by atoms with van der Waals surface area (Å²) in [5, 5.41) is 8.73. The SMILES string of the molecule is C(=N\N(Cc1ccccc1)c1ccccc1)/c1cccs1. The van der Waals surface area contributed by atoms with E-state index in [4.69, 9.17) is 0 Å². The summed E-state index contributed by atoms with van der Waals surface area (Å²) in [5.74, 6) is 0. The number of hydrogen-bond acceptors (Lipinski definition) is 3. The molecule has 0 spiro atoms. The zero-order valence-corrected chi connectivity index (χ0v) is 12.4. The molecular formula is C18H16N2S. The minimum Gasteiger partial charge on any atom is -0.261 e. The highest BCUT2D eigenvalue weighted by molar-refractivity contribution is 7.11. The van der Waals surface area contributed by atoms with Crippen molar-refractivity contribution in [2.45, 2.75) is 6.54 Å². The fraction of sp³-hybridized carbons (Fsp3) is 0.0556. The van der Waals surface area contributed by atoms with Crippen LogP contribution >= 0.6 is 11.3 Å². The van der Waals surface area contributed by atoms with Crippen LogP contribution in [0.2, 0.25) is 0 Å². The lowest BCUT2D eigenvalue weighted by atomic mass is 10.2. The lowest BCUT2D eigenvalue weighted by Crippen LogP contribution is -2.15. The molecule has 3 heteroatoms. The number of thiophene rings is 1. The number of para-hydroxylation sites is 1. The topological polar surface area (TPSA) is 15.6 Å². The molecule has 0 unspecified atom stereocenters. The Morgan fingerprint density at radius 2 is 1.57 bits per heavy atom. The monoisotopic (exact) mass is 292 g/mol. The second-order valence-electron chi connectivity index (χ2n) is 4.64. The normalized spacial score (nSPS) is 10.9. The first kappa shape index (κ1) is 13.6. The third-order valence-corrected chi connectivity index (χ3v) is 3.90. The second kappa shape index (κ2) is 6.86. The van der Waals surface area contributed by atoms with Gasteiger partial charge in [0.15, 0.2) is 0 Å². The van der Waals surface area contributed by atoms with Gasteiger partial charge < -0.3 is 0 Å². The van der Waals surface area contributed by atoms with Crippen molar-refractivity contribution < 1.29 is 0 Å². The average molecular weight is 292 g/mol. The van der Waals surface area contributed by atoms with E-state index in [2.05, 4.69) is 52.9 Å². The summed E-state index contributed by atoms with van der Waals surface area (Å²) in [4.78, 5) is 1.16. The molecule has 0 fully saturated rings. The van der Waals surface area contributed by atoms with Crippen LogP contribution in [0.5, 0.6) is 0 Å². The highest BCUT2D eigenvalue weighted by atomic mass is 32.1. The van der Waals surface area contributed by atoms with Crippen LogP contribution in [0, 0.1) is 0 Å². The molecular weight excluding hydrogens is 276 g/mol. The van der Waals surface area contributed by atoms with Gasteiger partial charge in [-0.3, -0.25) is 5.01 Å². The van der Waals surface area contributed by atoms with Gasteiger partial charge in [-0.15, -0.1) is 11.3 Å². The van der Waals surface area contributed by atoms with Gasteiger partial charge in [0, 0.05) is 4.88 Å². The van der Waals surface area contributed by atoms with Crippen LogP contribution in [-0.4, -0.2) is 6.21 Å². The van der Waals surface area contributed by atoms with Crippen molar-refractivity contribution in [1.29, 1.82) is 0 Å². The van der Waals surface area contributed by atoms with Crippen molar-refractivity contribution in [2.75, 3.05) is 5.01 Å². The maximum atomic E-state index is 4.65. The number of hydrogen-bond donors (Lipinski definition) is 0. The number of benzene rings is 2. The van der Waals surface area contributed by atoms with E-state index in [1.165, 1.54) is 5.56 Å². The van der Waals surface area contributed by atoms with Crippen LogP contribution < -0.4 is 5.01 Å². The van der Waals surface area contributed by atoms with E-state index in [1.807, 2.05) is 41.6 Å². The van der Waals surface area contributed by atoms with Crippen LogP contribution in [-0.2, 0) is 6.54 Å². The molecule has 0 saturated carbocycles. The predicted molar refractivity (Wildman–Crippen MR) is 91.0 cm³/mol. The number of rotatable bonds is 5. The van der Waals surface area contributed by atoms with E-state index < -0.39 is 0 Å². The maximum absolute atomic E-state index is 4.65. The molecule has 0 atom stereocenters. The van der Waals surface area contributed by atoms with E-state index in [0.29, 0.717) is 0 Å². The smallest absolute Gasteiger partial charge is 0.0666 e. The Hall–Kier alpha value is -2.39.